The van der Waals surface area contributed by atoms with E-state index in [0.717, 1.165) is 38.5 Å². The van der Waals surface area contributed by atoms with Crippen molar-refractivity contribution >= 4 is 5.91 Å². The van der Waals surface area contributed by atoms with E-state index < -0.39 is 86.8 Å². The number of rotatable bonds is 54. The minimum atomic E-state index is -1.79. The van der Waals surface area contributed by atoms with Crippen LogP contribution in [0.2, 0.25) is 0 Å². The van der Waals surface area contributed by atoms with Gasteiger partial charge in [-0.1, -0.05) is 283 Å². The quantitative estimate of drug-likeness (QED) is 0.0204. The van der Waals surface area contributed by atoms with Gasteiger partial charge in [0.2, 0.25) is 5.91 Å². The molecule has 14 nitrogen and oxygen atoms in total. The first-order chi connectivity index (χ1) is 38.1. The van der Waals surface area contributed by atoms with E-state index in [1.165, 1.54) is 231 Å². The van der Waals surface area contributed by atoms with Crippen molar-refractivity contribution in [1.29, 1.82) is 0 Å². The molecular formula is C64H123NO13. The molecule has 2 heterocycles. The molecule has 1 amide bonds. The lowest BCUT2D eigenvalue weighted by atomic mass is 9.97. The molecule has 0 aliphatic carbocycles. The summed E-state index contributed by atoms with van der Waals surface area (Å²) in [5.41, 5.74) is 0. The summed E-state index contributed by atoms with van der Waals surface area (Å²) < 4.78 is 22.8. The highest BCUT2D eigenvalue weighted by Crippen LogP contribution is 2.30. The van der Waals surface area contributed by atoms with Crippen molar-refractivity contribution in [2.75, 3.05) is 19.8 Å². The summed E-state index contributed by atoms with van der Waals surface area (Å²) >= 11 is 0. The zero-order chi connectivity index (χ0) is 56.7. The predicted octanol–water partition coefficient (Wildman–Crippen LogP) is 12.2. The number of aliphatic hydroxyl groups is 8. The van der Waals surface area contributed by atoms with Crippen molar-refractivity contribution in [3.8, 4) is 0 Å². The zero-order valence-corrected chi connectivity index (χ0v) is 49.9. The summed E-state index contributed by atoms with van der Waals surface area (Å²) in [7, 11) is 0. The highest BCUT2D eigenvalue weighted by molar-refractivity contribution is 5.76. The normalized spacial score (nSPS) is 24.5. The monoisotopic (exact) mass is 1110 g/mol. The summed E-state index contributed by atoms with van der Waals surface area (Å²) in [6.07, 6.45) is 42.8. The molecule has 2 aliphatic heterocycles. The number of amides is 1. The number of hydrogen-bond donors (Lipinski definition) is 9. The lowest BCUT2D eigenvalue weighted by molar-refractivity contribution is -0.359. The van der Waals surface area contributed by atoms with Crippen LogP contribution in [0.15, 0.2) is 12.2 Å². The first-order valence-corrected chi connectivity index (χ1v) is 32.9. The minimum absolute atomic E-state index is 0.233. The Morgan fingerprint density at radius 2 is 0.795 bits per heavy atom. The van der Waals surface area contributed by atoms with Crippen LogP contribution in [0, 0.1) is 0 Å². The van der Waals surface area contributed by atoms with Crippen LogP contribution in [-0.4, -0.2) is 140 Å². The second-order valence-electron chi connectivity index (χ2n) is 23.6. The van der Waals surface area contributed by atoms with Gasteiger partial charge in [-0.15, -0.1) is 0 Å². The summed E-state index contributed by atoms with van der Waals surface area (Å²) in [5, 5.41) is 87.1. The van der Waals surface area contributed by atoms with Crippen molar-refractivity contribution in [2.24, 2.45) is 0 Å². The molecule has 0 aromatic rings. The Morgan fingerprint density at radius 3 is 1.18 bits per heavy atom. The molecule has 9 N–H and O–H groups in total. The molecule has 0 saturated carbocycles. The maximum Gasteiger partial charge on any atom is 0.220 e. The van der Waals surface area contributed by atoms with Crippen LogP contribution in [0.5, 0.6) is 0 Å². The molecule has 0 bridgehead atoms. The van der Waals surface area contributed by atoms with Crippen molar-refractivity contribution in [1.82, 2.24) is 5.32 Å². The number of allylic oxidation sites excluding steroid dienone is 1. The maximum absolute atomic E-state index is 13.3. The van der Waals surface area contributed by atoms with Crippen LogP contribution in [0.25, 0.3) is 0 Å². The average molecular weight is 1110 g/mol. The van der Waals surface area contributed by atoms with Gasteiger partial charge in [0, 0.05) is 6.42 Å². The number of carbonyl (C=O) groups excluding carboxylic acids is 1. The van der Waals surface area contributed by atoms with Crippen molar-refractivity contribution in [2.45, 2.75) is 370 Å². The number of nitrogens with one attached hydrogen (secondary N) is 1. The maximum atomic E-state index is 13.3. The molecular weight excluding hydrogens is 991 g/mol. The molecule has 0 radical (unpaired) electrons. The number of hydrogen-bond acceptors (Lipinski definition) is 13. The molecule has 4 unspecified atom stereocenters. The fourth-order valence-electron chi connectivity index (χ4n) is 11.2. The number of aliphatic hydroxyl groups excluding tert-OH is 8. The summed E-state index contributed by atoms with van der Waals surface area (Å²) in [6.45, 7) is 2.83. The van der Waals surface area contributed by atoms with Gasteiger partial charge in [0.15, 0.2) is 12.6 Å². The molecule has 2 rings (SSSR count). The molecule has 0 aromatic heterocycles. The average Bonchev–Trinajstić information content (AvgIpc) is 3.46. The lowest BCUT2D eigenvalue weighted by Gasteiger charge is -2.46. The first-order valence-electron chi connectivity index (χ1n) is 32.9. The molecule has 2 saturated heterocycles. The SMILES string of the molecule is CCCCCCCCCCCCC/C=C/[C@@H](O)[C@H](CO[C@@H]1O[C@H](CO)[C@@H](O[C@@H]2O[C@H](CO)[C@H](O)C(O)C2O)C(O)C1O)NC(=O)CCCCCCCCCCCCCCCCCCCCCCCCCCCCCCCCC. The van der Waals surface area contributed by atoms with Crippen molar-refractivity contribution < 1.29 is 64.6 Å². The van der Waals surface area contributed by atoms with Gasteiger partial charge in [0.25, 0.3) is 0 Å². The van der Waals surface area contributed by atoms with Gasteiger partial charge < -0.3 is 65.1 Å². The van der Waals surface area contributed by atoms with Gasteiger partial charge in [0.1, 0.15) is 48.8 Å². The predicted molar refractivity (Wildman–Crippen MR) is 314 cm³/mol. The van der Waals surface area contributed by atoms with E-state index >= 15 is 0 Å². The van der Waals surface area contributed by atoms with E-state index in [9.17, 15) is 45.6 Å². The van der Waals surface area contributed by atoms with E-state index in [2.05, 4.69) is 19.2 Å². The van der Waals surface area contributed by atoms with Crippen LogP contribution in [-0.2, 0) is 23.7 Å². The topological polar surface area (TPSA) is 228 Å². The Labute approximate surface area is 476 Å². The second-order valence-corrected chi connectivity index (χ2v) is 23.6. The van der Waals surface area contributed by atoms with Crippen LogP contribution in [0.4, 0.5) is 0 Å². The third kappa shape index (κ3) is 35.0. The van der Waals surface area contributed by atoms with E-state index in [4.69, 9.17) is 18.9 Å². The van der Waals surface area contributed by atoms with E-state index in [1.807, 2.05) is 6.08 Å². The van der Waals surface area contributed by atoms with Gasteiger partial charge in [-0.2, -0.15) is 0 Å². The van der Waals surface area contributed by atoms with Gasteiger partial charge in [0.05, 0.1) is 32.0 Å². The molecule has 462 valence electrons. The molecule has 12 atom stereocenters. The number of unbranched alkanes of at least 4 members (excludes halogenated alkanes) is 41. The van der Waals surface area contributed by atoms with Crippen molar-refractivity contribution in [3.63, 3.8) is 0 Å². The van der Waals surface area contributed by atoms with Crippen molar-refractivity contribution in [3.05, 3.63) is 12.2 Å². The third-order valence-electron chi connectivity index (χ3n) is 16.5. The second kappa shape index (κ2) is 50.3. The number of ether oxygens (including phenoxy) is 4. The lowest BCUT2D eigenvalue weighted by Crippen LogP contribution is -2.65. The molecule has 0 aromatic carbocycles. The molecule has 78 heavy (non-hydrogen) atoms. The summed E-state index contributed by atoms with van der Waals surface area (Å²) in [6, 6.07) is -0.909. The zero-order valence-electron chi connectivity index (χ0n) is 49.9. The third-order valence-corrected chi connectivity index (χ3v) is 16.5. The van der Waals surface area contributed by atoms with Crippen LogP contribution >= 0.6 is 0 Å². The van der Waals surface area contributed by atoms with Gasteiger partial charge >= 0.3 is 0 Å². The molecule has 14 heteroatoms. The van der Waals surface area contributed by atoms with Crippen LogP contribution in [0.1, 0.15) is 296 Å². The van der Waals surface area contributed by atoms with E-state index in [-0.39, 0.29) is 18.9 Å². The first kappa shape index (κ1) is 72.8. The van der Waals surface area contributed by atoms with E-state index in [0.29, 0.717) is 6.42 Å². The highest BCUT2D eigenvalue weighted by atomic mass is 16.7. The Hall–Kier alpha value is -1.27. The van der Waals surface area contributed by atoms with Crippen LogP contribution in [0.3, 0.4) is 0 Å². The summed E-state index contributed by atoms with van der Waals surface area (Å²) in [4.78, 5) is 13.3. The fraction of sp³-hybridized carbons (Fsp3) is 0.953. The molecule has 0 spiro atoms. The molecule has 2 aliphatic rings. The highest BCUT2D eigenvalue weighted by Gasteiger charge is 2.51. The van der Waals surface area contributed by atoms with Gasteiger partial charge in [-0.3, -0.25) is 4.79 Å². The summed E-state index contributed by atoms with van der Waals surface area (Å²) in [5.74, 6) is -0.233. The Kier molecular flexibility index (Phi) is 46.9. The Balaban J connectivity index is 1.62. The van der Waals surface area contributed by atoms with Gasteiger partial charge in [-0.25, -0.2) is 0 Å². The smallest absolute Gasteiger partial charge is 0.220 e. The Bertz CT molecular complexity index is 1360. The minimum Gasteiger partial charge on any atom is -0.394 e. The standard InChI is InChI=1S/C64H123NO13/c1-3-5-7-9-11-13-15-17-18-19-20-21-22-23-24-25-26-27-28-29-30-31-32-33-34-36-38-40-42-44-46-48-56(69)65-52(53(68)47-45-43-41-39-37-35-16-14-12-10-8-6-4-2)51-75-63-61(74)59(72)62(55(50-67)77-63)78-64-60(73)58(71)57(70)54(49-66)76-64/h45,47,52-55,57-64,66-68,70-74H,3-44,46,48-51H2,1-2H3,(H,65,69)/b47-45+/t52-,53+,54+,55+,57-,58?,59?,60?,61?,62+,63+,64-/m0/s1. The van der Waals surface area contributed by atoms with Gasteiger partial charge in [-0.05, 0) is 19.3 Å². The Morgan fingerprint density at radius 1 is 0.449 bits per heavy atom. The van der Waals surface area contributed by atoms with Crippen LogP contribution < -0.4 is 5.32 Å². The van der Waals surface area contributed by atoms with E-state index in [1.54, 1.807) is 6.08 Å². The largest absolute Gasteiger partial charge is 0.394 e. The fourth-order valence-corrected chi connectivity index (χ4v) is 11.2. The number of carbonyl (C=O) groups is 1. The molecule has 2 fully saturated rings.